The molecule has 1 fully saturated rings. The van der Waals surface area contributed by atoms with E-state index < -0.39 is 0 Å². The number of hydrogen-bond acceptors (Lipinski definition) is 5. The highest BCUT2D eigenvalue weighted by Crippen LogP contribution is 2.40. The zero-order valence-corrected chi connectivity index (χ0v) is 18.0. The van der Waals surface area contributed by atoms with Crippen LogP contribution < -0.4 is 5.32 Å². The van der Waals surface area contributed by atoms with Gasteiger partial charge in [-0.2, -0.15) is 5.10 Å². The van der Waals surface area contributed by atoms with Crippen molar-refractivity contribution in [1.82, 2.24) is 25.2 Å². The molecule has 158 valence electrons. The molecule has 1 N–H and O–H groups in total. The Labute approximate surface area is 180 Å². The Morgan fingerprint density at radius 2 is 1.94 bits per heavy atom. The minimum absolute atomic E-state index is 0.143. The quantitative estimate of drug-likeness (QED) is 0.510. The Kier molecular flexibility index (Phi) is 4.81. The van der Waals surface area contributed by atoms with Crippen LogP contribution in [0.2, 0.25) is 0 Å². The lowest BCUT2D eigenvalue weighted by Crippen LogP contribution is -2.24. The Bertz CT molecular complexity index is 1270. The SMILES string of the molecule is Cc1nn(Cc2ccccc2)c(C)c1CNC(=O)c1cc(C2CC2)nc2onc(C)c12. The summed E-state index contributed by atoms with van der Waals surface area (Å²) in [6.07, 6.45) is 2.21. The van der Waals surface area contributed by atoms with E-state index in [4.69, 9.17) is 4.52 Å². The third kappa shape index (κ3) is 3.71. The third-order valence-electron chi connectivity index (χ3n) is 6.01. The van der Waals surface area contributed by atoms with E-state index in [1.165, 1.54) is 5.56 Å². The fourth-order valence-electron chi connectivity index (χ4n) is 4.05. The molecule has 1 aromatic carbocycles. The van der Waals surface area contributed by atoms with E-state index in [2.05, 4.69) is 32.7 Å². The summed E-state index contributed by atoms with van der Waals surface area (Å²) in [6.45, 7) is 6.98. The van der Waals surface area contributed by atoms with Gasteiger partial charge in [0.05, 0.1) is 28.9 Å². The van der Waals surface area contributed by atoms with Crippen LogP contribution in [0.5, 0.6) is 0 Å². The van der Waals surface area contributed by atoms with Gasteiger partial charge in [0, 0.05) is 29.4 Å². The Hall–Kier alpha value is -3.48. The fourth-order valence-corrected chi connectivity index (χ4v) is 4.05. The number of pyridine rings is 1. The van der Waals surface area contributed by atoms with Crippen LogP contribution in [-0.2, 0) is 13.1 Å². The lowest BCUT2D eigenvalue weighted by molar-refractivity contribution is 0.0952. The van der Waals surface area contributed by atoms with Gasteiger partial charge in [0.15, 0.2) is 0 Å². The fraction of sp³-hybridized carbons (Fsp3) is 0.333. The van der Waals surface area contributed by atoms with Crippen LogP contribution in [0, 0.1) is 20.8 Å². The van der Waals surface area contributed by atoms with Gasteiger partial charge in [-0.3, -0.25) is 9.48 Å². The number of fused-ring (bicyclic) bond motifs is 1. The molecule has 1 aliphatic carbocycles. The molecule has 3 heterocycles. The van der Waals surface area contributed by atoms with Gasteiger partial charge in [0.1, 0.15) is 0 Å². The monoisotopic (exact) mass is 415 g/mol. The first-order valence-electron chi connectivity index (χ1n) is 10.6. The van der Waals surface area contributed by atoms with E-state index in [1.807, 2.05) is 49.7 Å². The molecule has 5 rings (SSSR count). The summed E-state index contributed by atoms with van der Waals surface area (Å²) in [7, 11) is 0. The number of carbonyl (C=O) groups is 1. The summed E-state index contributed by atoms with van der Waals surface area (Å²) >= 11 is 0. The van der Waals surface area contributed by atoms with Crippen molar-refractivity contribution in [1.29, 1.82) is 0 Å². The van der Waals surface area contributed by atoms with Gasteiger partial charge in [-0.15, -0.1) is 0 Å². The molecule has 7 nitrogen and oxygen atoms in total. The zero-order valence-electron chi connectivity index (χ0n) is 18.0. The third-order valence-corrected chi connectivity index (χ3v) is 6.01. The predicted octanol–water partition coefficient (Wildman–Crippen LogP) is 4.20. The number of amides is 1. The van der Waals surface area contributed by atoms with E-state index >= 15 is 0 Å². The van der Waals surface area contributed by atoms with Gasteiger partial charge in [-0.25, -0.2) is 4.98 Å². The summed E-state index contributed by atoms with van der Waals surface area (Å²) < 4.78 is 7.36. The average molecular weight is 415 g/mol. The van der Waals surface area contributed by atoms with E-state index in [-0.39, 0.29) is 5.91 Å². The highest BCUT2D eigenvalue weighted by Gasteiger charge is 2.28. The highest BCUT2D eigenvalue weighted by atomic mass is 16.5. The first-order valence-corrected chi connectivity index (χ1v) is 10.6. The molecule has 1 saturated carbocycles. The van der Waals surface area contributed by atoms with Crippen molar-refractivity contribution in [3.63, 3.8) is 0 Å². The van der Waals surface area contributed by atoms with E-state index in [0.717, 1.165) is 35.5 Å². The molecule has 31 heavy (non-hydrogen) atoms. The Balaban J connectivity index is 1.38. The number of nitrogens with zero attached hydrogens (tertiary/aromatic N) is 4. The smallest absolute Gasteiger partial charge is 0.259 e. The predicted molar refractivity (Wildman–Crippen MR) is 117 cm³/mol. The summed E-state index contributed by atoms with van der Waals surface area (Å²) in [5.74, 6) is 0.275. The molecular formula is C24H25N5O2. The zero-order chi connectivity index (χ0) is 21.5. The maximum atomic E-state index is 13.2. The van der Waals surface area contributed by atoms with Crippen molar-refractivity contribution in [2.24, 2.45) is 0 Å². The largest absolute Gasteiger partial charge is 0.348 e. The number of rotatable bonds is 6. The lowest BCUT2D eigenvalue weighted by atomic mass is 10.1. The Morgan fingerprint density at radius 1 is 1.16 bits per heavy atom. The number of nitrogens with one attached hydrogen (secondary N) is 1. The summed E-state index contributed by atoms with van der Waals surface area (Å²) in [5.41, 5.74) is 6.83. The van der Waals surface area contributed by atoms with Crippen LogP contribution in [0.15, 0.2) is 40.9 Å². The first kappa shape index (κ1) is 19.5. The van der Waals surface area contributed by atoms with Gasteiger partial charge < -0.3 is 9.84 Å². The van der Waals surface area contributed by atoms with Crippen molar-refractivity contribution in [2.75, 3.05) is 0 Å². The topological polar surface area (TPSA) is 85.8 Å². The number of aryl methyl sites for hydroxylation is 2. The molecule has 1 aliphatic rings. The van der Waals surface area contributed by atoms with E-state index in [1.54, 1.807) is 0 Å². The first-order chi connectivity index (χ1) is 15.0. The summed E-state index contributed by atoms with van der Waals surface area (Å²) in [4.78, 5) is 17.7. The molecule has 0 aliphatic heterocycles. The van der Waals surface area contributed by atoms with Crippen molar-refractivity contribution >= 4 is 17.0 Å². The minimum atomic E-state index is -0.143. The van der Waals surface area contributed by atoms with Gasteiger partial charge in [-0.1, -0.05) is 35.5 Å². The average Bonchev–Trinajstić information content (AvgIpc) is 3.51. The van der Waals surface area contributed by atoms with Gasteiger partial charge in [-0.05, 0) is 45.2 Å². The van der Waals surface area contributed by atoms with Crippen LogP contribution in [0.1, 0.15) is 63.0 Å². The highest BCUT2D eigenvalue weighted by molar-refractivity contribution is 6.06. The molecule has 0 atom stereocenters. The van der Waals surface area contributed by atoms with Crippen LogP contribution in [0.25, 0.3) is 11.1 Å². The Morgan fingerprint density at radius 3 is 2.68 bits per heavy atom. The van der Waals surface area contributed by atoms with Crippen LogP contribution in [0.3, 0.4) is 0 Å². The second-order valence-corrected chi connectivity index (χ2v) is 8.29. The van der Waals surface area contributed by atoms with Crippen molar-refractivity contribution in [3.8, 4) is 0 Å². The van der Waals surface area contributed by atoms with Crippen molar-refractivity contribution in [2.45, 2.75) is 52.6 Å². The standard InChI is InChI=1S/C24H25N5O2/c1-14-20(16(3)29(27-14)13-17-7-5-4-6-8-17)12-25-23(30)19-11-21(18-9-10-18)26-24-22(19)15(2)28-31-24/h4-8,11,18H,9-10,12-13H2,1-3H3,(H,25,30). The van der Waals surface area contributed by atoms with E-state index in [9.17, 15) is 4.79 Å². The molecule has 1 amide bonds. The summed E-state index contributed by atoms with van der Waals surface area (Å²) in [5, 5.41) is 12.5. The molecule has 0 saturated heterocycles. The second kappa shape index (κ2) is 7.65. The van der Waals surface area contributed by atoms with E-state index in [0.29, 0.717) is 41.4 Å². The molecule has 0 spiro atoms. The van der Waals surface area contributed by atoms with Crippen molar-refractivity contribution < 1.29 is 9.32 Å². The number of carbonyl (C=O) groups excluding carboxylic acids is 1. The molecular weight excluding hydrogens is 390 g/mol. The van der Waals surface area contributed by atoms with Gasteiger partial charge >= 0.3 is 0 Å². The van der Waals surface area contributed by atoms with Gasteiger partial charge in [0.25, 0.3) is 11.6 Å². The number of hydrogen-bond donors (Lipinski definition) is 1. The van der Waals surface area contributed by atoms with Crippen LogP contribution in [-0.4, -0.2) is 25.8 Å². The molecule has 3 aromatic heterocycles. The number of benzene rings is 1. The molecule has 0 bridgehead atoms. The van der Waals surface area contributed by atoms with Crippen molar-refractivity contribution in [3.05, 3.63) is 75.9 Å². The van der Waals surface area contributed by atoms with Gasteiger partial charge in [0.2, 0.25) is 0 Å². The lowest BCUT2D eigenvalue weighted by Gasteiger charge is -2.09. The summed E-state index contributed by atoms with van der Waals surface area (Å²) in [6, 6.07) is 12.1. The molecule has 7 heteroatoms. The number of aromatic nitrogens is 4. The maximum Gasteiger partial charge on any atom is 0.259 e. The molecule has 4 aromatic rings. The van der Waals surface area contributed by atoms with Crippen LogP contribution >= 0.6 is 0 Å². The molecule has 0 radical (unpaired) electrons. The molecule has 0 unspecified atom stereocenters. The minimum Gasteiger partial charge on any atom is -0.348 e. The normalized spacial score (nSPS) is 13.6. The van der Waals surface area contributed by atoms with Crippen LogP contribution in [0.4, 0.5) is 0 Å². The second-order valence-electron chi connectivity index (χ2n) is 8.29. The maximum absolute atomic E-state index is 13.2.